The van der Waals surface area contributed by atoms with Crippen molar-refractivity contribution in [3.63, 3.8) is 0 Å². The number of anilines is 1. The molecule has 2 aromatic heterocycles. The average molecular weight is 358 g/mol. The molecule has 0 aromatic carbocycles. The highest BCUT2D eigenvalue weighted by Crippen LogP contribution is 2.27. The Hall–Kier alpha value is -2.15. The number of nitrogens with one attached hydrogen (secondary N) is 3. The van der Waals surface area contributed by atoms with Gasteiger partial charge in [-0.3, -0.25) is 4.79 Å². The Morgan fingerprint density at radius 3 is 3.00 bits per heavy atom. The molecule has 1 aliphatic carbocycles. The Morgan fingerprint density at radius 1 is 1.35 bits per heavy atom. The minimum atomic E-state index is 0.185. The van der Waals surface area contributed by atoms with Gasteiger partial charge in [0.15, 0.2) is 5.82 Å². The first kappa shape index (κ1) is 18.6. The van der Waals surface area contributed by atoms with Crippen LogP contribution in [-0.2, 0) is 4.79 Å². The van der Waals surface area contributed by atoms with Crippen molar-refractivity contribution in [2.75, 3.05) is 32.5 Å². The van der Waals surface area contributed by atoms with E-state index in [1.54, 1.807) is 6.33 Å². The van der Waals surface area contributed by atoms with Crippen molar-refractivity contribution in [1.29, 1.82) is 0 Å². The van der Waals surface area contributed by atoms with E-state index >= 15 is 0 Å². The van der Waals surface area contributed by atoms with Crippen LogP contribution in [0.3, 0.4) is 0 Å². The molecule has 1 fully saturated rings. The van der Waals surface area contributed by atoms with Gasteiger partial charge in [0.25, 0.3) is 0 Å². The van der Waals surface area contributed by atoms with E-state index in [-0.39, 0.29) is 5.91 Å². The van der Waals surface area contributed by atoms with Gasteiger partial charge in [-0.1, -0.05) is 0 Å². The maximum absolute atomic E-state index is 12.0. The number of carbonyl (C=O) groups excluding carboxylic acids is 1. The number of rotatable bonds is 8. The van der Waals surface area contributed by atoms with Gasteiger partial charge in [0.1, 0.15) is 11.8 Å². The first-order valence-electron chi connectivity index (χ1n) is 9.49. The molecule has 0 radical (unpaired) electrons. The largest absolute Gasteiger partial charge is 0.368 e. The standard InChI is InChI=1S/C19H30N6O/c1-13-9-16-18(23-13)19(22-12-21-16)20-11-14-6-7-15(10-14)24-17(26)5-4-8-25(2)3/h9,12,14-15,23H,4-8,10-11H2,1-3H3,(H,24,26)(H,20,21,22). The van der Waals surface area contributed by atoms with Crippen LogP contribution in [0.4, 0.5) is 5.82 Å². The lowest BCUT2D eigenvalue weighted by molar-refractivity contribution is -0.121. The lowest BCUT2D eigenvalue weighted by Crippen LogP contribution is -2.33. The predicted octanol–water partition coefficient (Wildman–Crippen LogP) is 2.30. The summed E-state index contributed by atoms with van der Waals surface area (Å²) in [6, 6.07) is 2.34. The van der Waals surface area contributed by atoms with Crippen LogP contribution in [0.25, 0.3) is 11.0 Å². The molecule has 3 N–H and O–H groups in total. The first-order valence-corrected chi connectivity index (χ1v) is 9.49. The predicted molar refractivity (Wildman–Crippen MR) is 104 cm³/mol. The fourth-order valence-corrected chi connectivity index (χ4v) is 3.69. The van der Waals surface area contributed by atoms with Gasteiger partial charge in [0.2, 0.25) is 5.91 Å². The van der Waals surface area contributed by atoms with Gasteiger partial charge in [-0.2, -0.15) is 0 Å². The quantitative estimate of drug-likeness (QED) is 0.674. The molecule has 142 valence electrons. The maximum atomic E-state index is 12.0. The third-order valence-electron chi connectivity index (χ3n) is 5.03. The molecule has 2 unspecified atom stereocenters. The van der Waals surface area contributed by atoms with Crippen molar-refractivity contribution in [3.05, 3.63) is 18.1 Å². The molecule has 7 heteroatoms. The smallest absolute Gasteiger partial charge is 0.220 e. The molecular formula is C19H30N6O. The van der Waals surface area contributed by atoms with Gasteiger partial charge < -0.3 is 20.5 Å². The molecule has 1 saturated carbocycles. The average Bonchev–Trinajstić information content (AvgIpc) is 3.18. The summed E-state index contributed by atoms with van der Waals surface area (Å²) >= 11 is 0. The molecule has 2 heterocycles. The number of amides is 1. The molecule has 0 spiro atoms. The summed E-state index contributed by atoms with van der Waals surface area (Å²) in [6.07, 6.45) is 6.35. The third kappa shape index (κ3) is 4.94. The van der Waals surface area contributed by atoms with Crippen LogP contribution in [0.2, 0.25) is 0 Å². The second kappa shape index (κ2) is 8.49. The minimum Gasteiger partial charge on any atom is -0.368 e. The van der Waals surface area contributed by atoms with Crippen molar-refractivity contribution in [2.24, 2.45) is 5.92 Å². The number of hydrogen-bond acceptors (Lipinski definition) is 5. The molecule has 2 atom stereocenters. The number of aromatic nitrogens is 3. The van der Waals surface area contributed by atoms with Crippen molar-refractivity contribution >= 4 is 22.8 Å². The number of H-pyrrole nitrogens is 1. The summed E-state index contributed by atoms with van der Waals surface area (Å²) in [7, 11) is 4.07. The fourth-order valence-electron chi connectivity index (χ4n) is 3.69. The molecule has 26 heavy (non-hydrogen) atoms. The van der Waals surface area contributed by atoms with E-state index < -0.39 is 0 Å². The van der Waals surface area contributed by atoms with Gasteiger partial charge in [-0.25, -0.2) is 9.97 Å². The minimum absolute atomic E-state index is 0.185. The zero-order chi connectivity index (χ0) is 18.5. The summed E-state index contributed by atoms with van der Waals surface area (Å²) in [6.45, 7) is 3.85. The molecule has 7 nitrogen and oxygen atoms in total. The molecule has 0 bridgehead atoms. The molecule has 1 amide bonds. The van der Waals surface area contributed by atoms with E-state index in [2.05, 4.69) is 30.5 Å². The van der Waals surface area contributed by atoms with Crippen LogP contribution in [-0.4, -0.2) is 59.0 Å². The highest BCUT2D eigenvalue weighted by atomic mass is 16.1. The number of aromatic amines is 1. The molecule has 2 aromatic rings. The van der Waals surface area contributed by atoms with Crippen LogP contribution in [0.5, 0.6) is 0 Å². The highest BCUT2D eigenvalue weighted by molar-refractivity contribution is 5.86. The summed E-state index contributed by atoms with van der Waals surface area (Å²) in [5.74, 6) is 1.60. The van der Waals surface area contributed by atoms with Crippen LogP contribution in [0.15, 0.2) is 12.4 Å². The van der Waals surface area contributed by atoms with E-state index in [0.717, 1.165) is 61.3 Å². The van der Waals surface area contributed by atoms with Crippen LogP contribution in [0.1, 0.15) is 37.8 Å². The summed E-state index contributed by atoms with van der Waals surface area (Å²) in [5.41, 5.74) is 2.99. The van der Waals surface area contributed by atoms with E-state index in [1.165, 1.54) is 0 Å². The number of aryl methyl sites for hydroxylation is 1. The summed E-state index contributed by atoms with van der Waals surface area (Å²) in [5, 5.41) is 6.66. The van der Waals surface area contributed by atoms with Crippen molar-refractivity contribution < 1.29 is 4.79 Å². The Kier molecular flexibility index (Phi) is 6.08. The number of carbonyl (C=O) groups is 1. The first-order chi connectivity index (χ1) is 12.5. The van der Waals surface area contributed by atoms with E-state index in [1.807, 2.05) is 27.1 Å². The van der Waals surface area contributed by atoms with E-state index in [9.17, 15) is 4.79 Å². The third-order valence-corrected chi connectivity index (χ3v) is 5.03. The van der Waals surface area contributed by atoms with Gasteiger partial charge >= 0.3 is 0 Å². The zero-order valence-electron chi connectivity index (χ0n) is 16.0. The van der Waals surface area contributed by atoms with Crippen LogP contribution >= 0.6 is 0 Å². The molecule has 0 aliphatic heterocycles. The molecule has 0 saturated heterocycles. The molecule has 3 rings (SSSR count). The topological polar surface area (TPSA) is 85.9 Å². The second-order valence-corrected chi connectivity index (χ2v) is 7.67. The van der Waals surface area contributed by atoms with Gasteiger partial charge in [0, 0.05) is 24.7 Å². The van der Waals surface area contributed by atoms with Crippen LogP contribution in [0, 0.1) is 12.8 Å². The highest BCUT2D eigenvalue weighted by Gasteiger charge is 2.25. The van der Waals surface area contributed by atoms with Crippen molar-refractivity contribution in [2.45, 2.75) is 45.1 Å². The van der Waals surface area contributed by atoms with Crippen molar-refractivity contribution in [3.8, 4) is 0 Å². The lowest BCUT2D eigenvalue weighted by atomic mass is 10.1. The summed E-state index contributed by atoms with van der Waals surface area (Å²) < 4.78 is 0. The fraction of sp³-hybridized carbons (Fsp3) is 0.632. The van der Waals surface area contributed by atoms with E-state index in [0.29, 0.717) is 18.4 Å². The monoisotopic (exact) mass is 358 g/mol. The van der Waals surface area contributed by atoms with Gasteiger partial charge in [-0.15, -0.1) is 0 Å². The Labute approximate surface area is 155 Å². The van der Waals surface area contributed by atoms with Crippen LogP contribution < -0.4 is 10.6 Å². The Bertz CT molecular complexity index is 741. The molecule has 1 aliphatic rings. The molecular weight excluding hydrogens is 328 g/mol. The maximum Gasteiger partial charge on any atom is 0.220 e. The normalized spacial score (nSPS) is 20.0. The lowest BCUT2D eigenvalue weighted by Gasteiger charge is -2.15. The van der Waals surface area contributed by atoms with Gasteiger partial charge in [0.05, 0.1) is 5.52 Å². The number of fused-ring (bicyclic) bond motifs is 1. The van der Waals surface area contributed by atoms with E-state index in [4.69, 9.17) is 0 Å². The Balaban J connectivity index is 1.43. The Morgan fingerprint density at radius 2 is 2.19 bits per heavy atom. The summed E-state index contributed by atoms with van der Waals surface area (Å²) in [4.78, 5) is 26.1. The number of nitrogens with zero attached hydrogens (tertiary/aromatic N) is 3. The van der Waals surface area contributed by atoms with Crippen molar-refractivity contribution in [1.82, 2.24) is 25.2 Å². The zero-order valence-corrected chi connectivity index (χ0v) is 16.0. The number of hydrogen-bond donors (Lipinski definition) is 3. The second-order valence-electron chi connectivity index (χ2n) is 7.67. The van der Waals surface area contributed by atoms with Gasteiger partial charge in [-0.05, 0) is 65.2 Å². The SMILES string of the molecule is Cc1cc2ncnc(NCC3CCC(NC(=O)CCCN(C)C)C3)c2[nH]1.